The first-order chi connectivity index (χ1) is 10.2. The summed E-state index contributed by atoms with van der Waals surface area (Å²) in [6.07, 6.45) is -3.36. The van der Waals surface area contributed by atoms with Crippen LogP contribution in [0.2, 0.25) is 0 Å². The Balaban J connectivity index is 2.22. The molecule has 6 nitrogen and oxygen atoms in total. The molecule has 0 fully saturated rings. The third-order valence-electron chi connectivity index (χ3n) is 3.11. The summed E-state index contributed by atoms with van der Waals surface area (Å²) in [6, 6.07) is 6.09. The Hall–Kier alpha value is -2.58. The van der Waals surface area contributed by atoms with Gasteiger partial charge in [-0.1, -0.05) is 30.3 Å². The number of aromatic nitrogens is 3. The lowest BCUT2D eigenvalue weighted by molar-refractivity contribution is -0.191. The van der Waals surface area contributed by atoms with E-state index in [1.807, 2.05) is 5.32 Å². The van der Waals surface area contributed by atoms with Crippen molar-refractivity contribution < 1.29 is 18.0 Å². The number of urea groups is 1. The molecule has 0 spiro atoms. The van der Waals surface area contributed by atoms with E-state index in [1.165, 1.54) is 35.3 Å². The highest BCUT2D eigenvalue weighted by atomic mass is 19.4. The van der Waals surface area contributed by atoms with Crippen molar-refractivity contribution in [3.05, 3.63) is 42.2 Å². The first-order valence-corrected chi connectivity index (χ1v) is 6.29. The van der Waals surface area contributed by atoms with Gasteiger partial charge in [-0.3, -0.25) is 10.00 Å². The van der Waals surface area contributed by atoms with Gasteiger partial charge in [0.2, 0.25) is 5.95 Å². The van der Waals surface area contributed by atoms with Crippen LogP contribution >= 0.6 is 0 Å². The van der Waals surface area contributed by atoms with E-state index in [1.54, 1.807) is 13.1 Å². The van der Waals surface area contributed by atoms with Crippen molar-refractivity contribution in [2.45, 2.75) is 18.6 Å². The van der Waals surface area contributed by atoms with Crippen LogP contribution < -0.4 is 10.6 Å². The van der Waals surface area contributed by atoms with Crippen LogP contribution in [0.25, 0.3) is 0 Å². The average molecular weight is 313 g/mol. The van der Waals surface area contributed by atoms with Gasteiger partial charge < -0.3 is 5.32 Å². The van der Waals surface area contributed by atoms with Gasteiger partial charge in [0.1, 0.15) is 6.33 Å². The maximum atomic E-state index is 13.4. The van der Waals surface area contributed by atoms with Gasteiger partial charge in [0, 0.05) is 7.05 Å². The van der Waals surface area contributed by atoms with Crippen LogP contribution in [0.5, 0.6) is 0 Å². The molecule has 9 heteroatoms. The molecule has 0 saturated carbocycles. The third-order valence-corrected chi connectivity index (χ3v) is 3.11. The number of nitrogens with one attached hydrogen (secondary N) is 2. The van der Waals surface area contributed by atoms with E-state index in [2.05, 4.69) is 15.4 Å². The number of aryl methyl sites for hydroxylation is 1. The quantitative estimate of drug-likeness (QED) is 0.914. The van der Waals surface area contributed by atoms with Crippen molar-refractivity contribution in [1.29, 1.82) is 0 Å². The molecule has 1 heterocycles. The summed E-state index contributed by atoms with van der Waals surface area (Å²) >= 11 is 0. The normalized spacial score (nSPS) is 14.2. The van der Waals surface area contributed by atoms with Gasteiger partial charge in [-0.25, -0.2) is 9.78 Å². The summed E-state index contributed by atoms with van der Waals surface area (Å²) in [5.41, 5.74) is -2.61. The maximum absolute atomic E-state index is 13.4. The number of benzene rings is 1. The highest BCUT2D eigenvalue weighted by Gasteiger charge is 2.53. The first kappa shape index (κ1) is 15.8. The van der Waals surface area contributed by atoms with Crippen molar-refractivity contribution in [1.82, 2.24) is 20.1 Å². The molecule has 0 aliphatic carbocycles. The monoisotopic (exact) mass is 313 g/mol. The Morgan fingerprint density at radius 1 is 1.23 bits per heavy atom. The standard InChI is InChI=1S/C13H14F3N5O/c1-12(13(14,15)16,9-6-4-3-5-7-9)19-11(22)18-10-17-8-21(2)20-10/h3-8H,1-2H3,(H2,18,19,20,22). The summed E-state index contributed by atoms with van der Waals surface area (Å²) in [6.45, 7) is 0.897. The summed E-state index contributed by atoms with van der Waals surface area (Å²) in [5, 5.41) is 7.88. The maximum Gasteiger partial charge on any atom is 0.415 e. The molecule has 2 rings (SSSR count). The van der Waals surface area contributed by atoms with Gasteiger partial charge in [0.05, 0.1) is 0 Å². The molecule has 0 aliphatic heterocycles. The Kier molecular flexibility index (Phi) is 4.07. The number of carbonyl (C=O) groups excluding carboxylic acids is 1. The second-order valence-corrected chi connectivity index (χ2v) is 4.81. The van der Waals surface area contributed by atoms with Gasteiger partial charge in [-0.2, -0.15) is 13.2 Å². The molecule has 2 N–H and O–H groups in total. The van der Waals surface area contributed by atoms with Crippen molar-refractivity contribution >= 4 is 12.0 Å². The highest BCUT2D eigenvalue weighted by Crippen LogP contribution is 2.38. The summed E-state index contributed by atoms with van der Waals surface area (Å²) < 4.78 is 41.6. The molecular weight excluding hydrogens is 299 g/mol. The van der Waals surface area contributed by atoms with Crippen LogP contribution in [0.4, 0.5) is 23.9 Å². The molecular formula is C13H14F3N5O. The predicted octanol–water partition coefficient (Wildman–Crippen LogP) is 2.41. The van der Waals surface area contributed by atoms with E-state index in [9.17, 15) is 18.0 Å². The van der Waals surface area contributed by atoms with E-state index in [4.69, 9.17) is 0 Å². The Bertz CT molecular complexity index is 655. The van der Waals surface area contributed by atoms with Gasteiger partial charge in [-0.15, -0.1) is 5.10 Å². The molecule has 2 amide bonds. The number of nitrogens with zero attached hydrogens (tertiary/aromatic N) is 3. The lowest BCUT2D eigenvalue weighted by atomic mass is 9.91. The second-order valence-electron chi connectivity index (χ2n) is 4.81. The number of alkyl halides is 3. The van der Waals surface area contributed by atoms with E-state index in [0.29, 0.717) is 0 Å². The number of anilines is 1. The predicted molar refractivity (Wildman–Crippen MR) is 73.0 cm³/mol. The third kappa shape index (κ3) is 3.18. The lowest BCUT2D eigenvalue weighted by Gasteiger charge is -2.33. The molecule has 1 aromatic heterocycles. The van der Waals surface area contributed by atoms with Crippen LogP contribution in [-0.2, 0) is 12.6 Å². The fraction of sp³-hybridized carbons (Fsp3) is 0.308. The molecule has 2 aromatic rings. The Morgan fingerprint density at radius 3 is 2.36 bits per heavy atom. The summed E-state index contributed by atoms with van der Waals surface area (Å²) in [4.78, 5) is 15.6. The lowest BCUT2D eigenvalue weighted by Crippen LogP contribution is -2.55. The SMILES string of the molecule is Cn1cnc(NC(=O)NC(C)(c2ccccc2)C(F)(F)F)n1. The second kappa shape index (κ2) is 5.66. The fourth-order valence-corrected chi connectivity index (χ4v) is 1.83. The zero-order valence-electron chi connectivity index (χ0n) is 11.8. The van der Waals surface area contributed by atoms with Gasteiger partial charge >= 0.3 is 12.2 Å². The Labute approximate surface area is 124 Å². The van der Waals surface area contributed by atoms with Gasteiger partial charge in [0.15, 0.2) is 5.54 Å². The number of hydrogen-bond donors (Lipinski definition) is 2. The fourth-order valence-electron chi connectivity index (χ4n) is 1.83. The number of hydrogen-bond acceptors (Lipinski definition) is 3. The van der Waals surface area contributed by atoms with E-state index in [-0.39, 0.29) is 11.5 Å². The van der Waals surface area contributed by atoms with Gasteiger partial charge in [-0.05, 0) is 12.5 Å². The summed E-state index contributed by atoms with van der Waals surface area (Å²) in [7, 11) is 1.57. The largest absolute Gasteiger partial charge is 0.415 e. The van der Waals surface area contributed by atoms with E-state index >= 15 is 0 Å². The molecule has 118 valence electrons. The molecule has 0 saturated heterocycles. The molecule has 0 radical (unpaired) electrons. The van der Waals surface area contributed by atoms with E-state index in [0.717, 1.165) is 6.92 Å². The first-order valence-electron chi connectivity index (χ1n) is 6.29. The van der Waals surface area contributed by atoms with Gasteiger partial charge in [0.25, 0.3) is 0 Å². The molecule has 0 aliphatic rings. The van der Waals surface area contributed by atoms with Crippen LogP contribution in [-0.4, -0.2) is 27.0 Å². The number of amides is 2. The van der Waals surface area contributed by atoms with Crippen molar-refractivity contribution in [3.63, 3.8) is 0 Å². The van der Waals surface area contributed by atoms with E-state index < -0.39 is 17.7 Å². The average Bonchev–Trinajstić information content (AvgIpc) is 2.83. The van der Waals surface area contributed by atoms with Crippen molar-refractivity contribution in [3.8, 4) is 0 Å². The van der Waals surface area contributed by atoms with Crippen LogP contribution in [0.15, 0.2) is 36.7 Å². The minimum absolute atomic E-state index is 0.0772. The zero-order chi connectivity index (χ0) is 16.4. The van der Waals surface area contributed by atoms with Crippen molar-refractivity contribution in [2.75, 3.05) is 5.32 Å². The molecule has 22 heavy (non-hydrogen) atoms. The molecule has 0 bridgehead atoms. The smallest absolute Gasteiger partial charge is 0.320 e. The molecule has 1 unspecified atom stereocenters. The number of carbonyl (C=O) groups is 1. The minimum atomic E-state index is -4.68. The number of rotatable bonds is 3. The summed E-state index contributed by atoms with van der Waals surface area (Å²) in [5.74, 6) is -0.0856. The van der Waals surface area contributed by atoms with Crippen molar-refractivity contribution in [2.24, 2.45) is 7.05 Å². The topological polar surface area (TPSA) is 71.8 Å². The highest BCUT2D eigenvalue weighted by molar-refractivity contribution is 5.88. The van der Waals surface area contributed by atoms with Crippen LogP contribution in [0.3, 0.4) is 0 Å². The van der Waals surface area contributed by atoms with Crippen LogP contribution in [0.1, 0.15) is 12.5 Å². The number of halogens is 3. The minimum Gasteiger partial charge on any atom is -0.320 e. The zero-order valence-corrected chi connectivity index (χ0v) is 11.8. The molecule has 1 atom stereocenters. The Morgan fingerprint density at radius 2 is 1.86 bits per heavy atom. The molecule has 1 aromatic carbocycles. The van der Waals surface area contributed by atoms with Crippen LogP contribution in [0, 0.1) is 0 Å².